The molecule has 0 bridgehead atoms. The molecule has 0 radical (unpaired) electrons. The maximum Gasteiger partial charge on any atom is 0.0602 e. The van der Waals surface area contributed by atoms with Gasteiger partial charge < -0.3 is 5.11 Å². The van der Waals surface area contributed by atoms with Crippen LogP contribution < -0.4 is 10.9 Å². The third-order valence-corrected chi connectivity index (χ3v) is 4.29. The molecule has 1 aliphatic carbocycles. The van der Waals surface area contributed by atoms with Crippen molar-refractivity contribution in [2.45, 2.75) is 30.9 Å². The number of rotatable bonds is 1. The van der Waals surface area contributed by atoms with Crippen LogP contribution in [0.4, 0.5) is 0 Å². The zero-order valence-corrected chi connectivity index (χ0v) is 10.3. The highest BCUT2D eigenvalue weighted by atomic mass is 35.5. The molecule has 3 rings (SSSR count). The van der Waals surface area contributed by atoms with E-state index >= 15 is 0 Å². The first-order chi connectivity index (χ1) is 8.24. The number of hydrogen-bond donors (Lipinski definition) is 3. The van der Waals surface area contributed by atoms with Crippen molar-refractivity contribution in [3.8, 4) is 0 Å². The molecule has 2 fully saturated rings. The van der Waals surface area contributed by atoms with E-state index in [1.54, 1.807) is 0 Å². The van der Waals surface area contributed by atoms with Gasteiger partial charge in [0.15, 0.2) is 0 Å². The number of hydrogen-bond acceptors (Lipinski definition) is 3. The summed E-state index contributed by atoms with van der Waals surface area (Å²) in [4.78, 5) is 0. The first kappa shape index (κ1) is 11.5. The topological polar surface area (TPSA) is 44.3 Å². The van der Waals surface area contributed by atoms with Gasteiger partial charge in [-0.05, 0) is 36.5 Å². The fourth-order valence-electron chi connectivity index (χ4n) is 3.07. The minimum absolute atomic E-state index is 0.211. The van der Waals surface area contributed by atoms with E-state index in [0.717, 1.165) is 24.4 Å². The van der Waals surface area contributed by atoms with Gasteiger partial charge in [-0.1, -0.05) is 23.7 Å². The molecule has 1 aromatic carbocycles. The van der Waals surface area contributed by atoms with Gasteiger partial charge in [0.1, 0.15) is 0 Å². The lowest BCUT2D eigenvalue weighted by Gasteiger charge is -2.35. The monoisotopic (exact) mass is 252 g/mol. The van der Waals surface area contributed by atoms with E-state index in [-0.39, 0.29) is 6.10 Å². The van der Waals surface area contributed by atoms with Crippen molar-refractivity contribution >= 4 is 11.6 Å². The lowest BCUT2D eigenvalue weighted by molar-refractivity contribution is 0.0608. The summed E-state index contributed by atoms with van der Waals surface area (Å²) in [5, 5.41) is 10.9. The highest BCUT2D eigenvalue weighted by Crippen LogP contribution is 2.37. The Labute approximate surface area is 106 Å². The molecular weight excluding hydrogens is 236 g/mol. The Morgan fingerprint density at radius 2 is 1.94 bits per heavy atom. The fourth-order valence-corrected chi connectivity index (χ4v) is 3.20. The molecular formula is C13H17ClN2O. The van der Waals surface area contributed by atoms with Gasteiger partial charge in [0.25, 0.3) is 0 Å². The normalized spacial score (nSPS) is 36.8. The fraction of sp³-hybridized carbons (Fsp3) is 0.538. The van der Waals surface area contributed by atoms with E-state index in [1.807, 2.05) is 12.1 Å². The molecule has 4 atom stereocenters. The molecule has 1 saturated heterocycles. The molecule has 0 amide bonds. The average molecular weight is 253 g/mol. The van der Waals surface area contributed by atoms with E-state index in [9.17, 15) is 5.11 Å². The minimum Gasteiger partial charge on any atom is -0.393 e. The van der Waals surface area contributed by atoms with Crippen LogP contribution in [0.3, 0.4) is 0 Å². The molecule has 17 heavy (non-hydrogen) atoms. The van der Waals surface area contributed by atoms with Crippen molar-refractivity contribution in [3.05, 3.63) is 34.9 Å². The highest BCUT2D eigenvalue weighted by molar-refractivity contribution is 6.30. The van der Waals surface area contributed by atoms with Crippen LogP contribution in [0.15, 0.2) is 24.3 Å². The Kier molecular flexibility index (Phi) is 3.09. The van der Waals surface area contributed by atoms with Crippen LogP contribution in [0, 0.1) is 5.92 Å². The summed E-state index contributed by atoms with van der Waals surface area (Å²) in [6.45, 7) is 0.874. The highest BCUT2D eigenvalue weighted by Gasteiger charge is 2.40. The zero-order valence-electron chi connectivity index (χ0n) is 9.57. The third-order valence-electron chi connectivity index (χ3n) is 4.04. The second-order valence-electron chi connectivity index (χ2n) is 5.08. The van der Waals surface area contributed by atoms with Crippen LogP contribution in [-0.2, 0) is 0 Å². The second kappa shape index (κ2) is 4.58. The van der Waals surface area contributed by atoms with Gasteiger partial charge >= 0.3 is 0 Å². The van der Waals surface area contributed by atoms with E-state index in [1.165, 1.54) is 5.56 Å². The summed E-state index contributed by atoms with van der Waals surface area (Å²) in [5.74, 6) is 0.787. The number of halogens is 1. The molecule has 4 unspecified atom stereocenters. The zero-order chi connectivity index (χ0) is 11.8. The predicted octanol–water partition coefficient (Wildman–Crippen LogP) is 1.67. The molecule has 3 nitrogen and oxygen atoms in total. The Balaban J connectivity index is 1.78. The van der Waals surface area contributed by atoms with Crippen LogP contribution in [0.25, 0.3) is 0 Å². The van der Waals surface area contributed by atoms with E-state index in [2.05, 4.69) is 23.0 Å². The Hall–Kier alpha value is -0.610. The maximum atomic E-state index is 10.2. The van der Waals surface area contributed by atoms with Crippen molar-refractivity contribution < 1.29 is 5.11 Å². The quantitative estimate of drug-likeness (QED) is 0.713. The first-order valence-electron chi connectivity index (χ1n) is 6.16. The van der Waals surface area contributed by atoms with Crippen molar-refractivity contribution in [2.75, 3.05) is 6.54 Å². The average Bonchev–Trinajstić information content (AvgIpc) is 2.78. The minimum atomic E-state index is -0.211. The molecule has 92 valence electrons. The lowest BCUT2D eigenvalue weighted by Crippen LogP contribution is -2.42. The number of hydrazine groups is 1. The largest absolute Gasteiger partial charge is 0.393 e. The Morgan fingerprint density at radius 3 is 2.71 bits per heavy atom. The van der Waals surface area contributed by atoms with Gasteiger partial charge in [-0.25, -0.2) is 0 Å². The summed E-state index contributed by atoms with van der Waals surface area (Å²) < 4.78 is 0. The predicted molar refractivity (Wildman–Crippen MR) is 67.9 cm³/mol. The van der Waals surface area contributed by atoms with Crippen LogP contribution in [0.1, 0.15) is 24.3 Å². The number of aliphatic hydroxyl groups is 1. The van der Waals surface area contributed by atoms with Crippen molar-refractivity contribution in [1.82, 2.24) is 10.9 Å². The van der Waals surface area contributed by atoms with Crippen LogP contribution >= 0.6 is 11.6 Å². The van der Waals surface area contributed by atoms with Gasteiger partial charge in [-0.3, -0.25) is 10.9 Å². The summed E-state index contributed by atoms with van der Waals surface area (Å²) >= 11 is 5.90. The third kappa shape index (κ3) is 2.20. The van der Waals surface area contributed by atoms with E-state index in [4.69, 9.17) is 11.6 Å². The number of benzene rings is 1. The van der Waals surface area contributed by atoms with Gasteiger partial charge in [0, 0.05) is 23.5 Å². The summed E-state index contributed by atoms with van der Waals surface area (Å²) in [6, 6.07) is 8.38. The number of nitrogens with one attached hydrogen (secondary N) is 2. The first-order valence-corrected chi connectivity index (χ1v) is 6.54. The van der Waals surface area contributed by atoms with Gasteiger partial charge in [0.05, 0.1) is 6.10 Å². The number of fused-ring (bicyclic) bond motifs is 1. The standard InChI is InChI=1S/C13H17ClN2O/c14-10-3-1-8(2-4-10)9-5-12-11(7-15-16-12)13(17)6-9/h1-4,9,11-13,15-17H,5-7H2. The molecule has 0 spiro atoms. The van der Waals surface area contributed by atoms with Crippen LogP contribution in [0.5, 0.6) is 0 Å². The van der Waals surface area contributed by atoms with Gasteiger partial charge in [-0.15, -0.1) is 0 Å². The lowest BCUT2D eigenvalue weighted by atomic mass is 9.74. The molecule has 0 aromatic heterocycles. The second-order valence-corrected chi connectivity index (χ2v) is 5.52. The number of aliphatic hydroxyl groups excluding tert-OH is 1. The Morgan fingerprint density at radius 1 is 1.18 bits per heavy atom. The van der Waals surface area contributed by atoms with Gasteiger partial charge in [0.2, 0.25) is 0 Å². The molecule has 1 aliphatic heterocycles. The van der Waals surface area contributed by atoms with Crippen molar-refractivity contribution in [2.24, 2.45) is 5.92 Å². The molecule has 1 heterocycles. The van der Waals surface area contributed by atoms with Crippen LogP contribution in [0.2, 0.25) is 5.02 Å². The molecule has 1 saturated carbocycles. The smallest absolute Gasteiger partial charge is 0.0602 e. The maximum absolute atomic E-state index is 10.2. The molecule has 1 aromatic rings. The van der Waals surface area contributed by atoms with Gasteiger partial charge in [-0.2, -0.15) is 0 Å². The summed E-state index contributed by atoms with van der Waals surface area (Å²) in [6.07, 6.45) is 1.72. The molecule has 4 heteroatoms. The van der Waals surface area contributed by atoms with Crippen molar-refractivity contribution in [1.29, 1.82) is 0 Å². The SMILES string of the molecule is OC1CC(c2ccc(Cl)cc2)CC2NNCC12. The van der Waals surface area contributed by atoms with E-state index in [0.29, 0.717) is 17.9 Å². The summed E-state index contributed by atoms with van der Waals surface area (Å²) in [7, 11) is 0. The van der Waals surface area contributed by atoms with Crippen LogP contribution in [-0.4, -0.2) is 23.8 Å². The molecule has 3 N–H and O–H groups in total. The Bertz CT molecular complexity index is 395. The molecule has 2 aliphatic rings. The van der Waals surface area contributed by atoms with Crippen molar-refractivity contribution in [3.63, 3.8) is 0 Å². The summed E-state index contributed by atoms with van der Waals surface area (Å²) in [5.41, 5.74) is 7.69. The van der Waals surface area contributed by atoms with E-state index < -0.39 is 0 Å².